The van der Waals surface area contributed by atoms with E-state index in [1.807, 2.05) is 0 Å². The van der Waals surface area contributed by atoms with E-state index in [0.29, 0.717) is 17.5 Å². The van der Waals surface area contributed by atoms with Gasteiger partial charge < -0.3 is 5.11 Å². The molecule has 1 atom stereocenters. The Morgan fingerprint density at radius 3 is 2.43 bits per heavy atom. The van der Waals surface area contributed by atoms with Crippen molar-refractivity contribution in [1.29, 1.82) is 0 Å². The van der Waals surface area contributed by atoms with Gasteiger partial charge in [0.15, 0.2) is 0 Å². The minimum Gasteiger partial charge on any atom is -0.480 e. The van der Waals surface area contributed by atoms with E-state index in [-0.39, 0.29) is 21.4 Å². The molecule has 0 aliphatic carbocycles. The molecule has 0 saturated heterocycles. The van der Waals surface area contributed by atoms with Crippen molar-refractivity contribution in [3.05, 3.63) is 27.2 Å². The summed E-state index contributed by atoms with van der Waals surface area (Å²) in [6.45, 7) is 4.93. The van der Waals surface area contributed by atoms with Crippen molar-refractivity contribution in [2.24, 2.45) is 0 Å². The van der Waals surface area contributed by atoms with Gasteiger partial charge in [0.1, 0.15) is 10.9 Å². The van der Waals surface area contributed by atoms with E-state index >= 15 is 0 Å². The maximum atomic E-state index is 12.5. The fourth-order valence-electron chi connectivity index (χ4n) is 1.90. The van der Waals surface area contributed by atoms with E-state index in [1.165, 1.54) is 6.92 Å². The SMILES string of the molecule is CCCC(NS(=O)(=O)c1c(C)c(Cl)cc(C)c1Cl)C(=O)O. The van der Waals surface area contributed by atoms with Gasteiger partial charge in [-0.2, -0.15) is 4.72 Å². The summed E-state index contributed by atoms with van der Waals surface area (Å²) in [4.78, 5) is 10.9. The van der Waals surface area contributed by atoms with Crippen molar-refractivity contribution in [1.82, 2.24) is 4.72 Å². The molecule has 0 spiro atoms. The predicted octanol–water partition coefficient (Wildman–Crippen LogP) is 3.14. The molecular weight excluding hydrogens is 337 g/mol. The second kappa shape index (κ2) is 6.96. The van der Waals surface area contributed by atoms with Crippen LogP contribution in [0.4, 0.5) is 0 Å². The first-order valence-electron chi connectivity index (χ1n) is 6.32. The molecule has 118 valence electrons. The number of rotatable bonds is 6. The molecule has 0 radical (unpaired) electrons. The van der Waals surface area contributed by atoms with Crippen LogP contribution in [0.3, 0.4) is 0 Å². The molecule has 1 aromatic carbocycles. The van der Waals surface area contributed by atoms with Gasteiger partial charge in [-0.25, -0.2) is 8.42 Å². The normalized spacial score (nSPS) is 13.2. The summed E-state index contributed by atoms with van der Waals surface area (Å²) in [5.41, 5.74) is 0.801. The lowest BCUT2D eigenvalue weighted by Gasteiger charge is -2.17. The van der Waals surface area contributed by atoms with E-state index in [1.54, 1.807) is 19.9 Å². The Balaban J connectivity index is 3.35. The maximum Gasteiger partial charge on any atom is 0.321 e. The molecule has 8 heteroatoms. The van der Waals surface area contributed by atoms with Crippen molar-refractivity contribution in [2.45, 2.75) is 44.6 Å². The highest BCUT2D eigenvalue weighted by Gasteiger charge is 2.29. The Morgan fingerprint density at radius 1 is 1.38 bits per heavy atom. The summed E-state index contributed by atoms with van der Waals surface area (Å²) in [6, 6.07) is 0.369. The lowest BCUT2D eigenvalue weighted by Crippen LogP contribution is -2.41. The average molecular weight is 354 g/mol. The standard InChI is InChI=1S/C13H17Cl2NO4S/c1-4-5-10(13(17)18)16-21(19,20)12-8(3)9(14)6-7(2)11(12)15/h6,10,16H,4-5H2,1-3H3,(H,17,18). The number of sulfonamides is 1. The Bertz CT molecular complexity index is 632. The zero-order valence-electron chi connectivity index (χ0n) is 11.9. The number of carboxylic acid groups (broad SMARTS) is 1. The number of aryl methyl sites for hydroxylation is 1. The van der Waals surface area contributed by atoms with Crippen LogP contribution in [0.1, 0.15) is 30.9 Å². The lowest BCUT2D eigenvalue weighted by molar-refractivity contribution is -0.139. The van der Waals surface area contributed by atoms with Gasteiger partial charge >= 0.3 is 5.97 Å². The predicted molar refractivity (Wildman–Crippen MR) is 82.6 cm³/mol. The monoisotopic (exact) mass is 353 g/mol. The largest absolute Gasteiger partial charge is 0.480 e. The third-order valence-electron chi connectivity index (χ3n) is 3.03. The molecule has 0 bridgehead atoms. The van der Waals surface area contributed by atoms with Crippen LogP contribution in [-0.4, -0.2) is 25.5 Å². The molecule has 1 aromatic rings. The highest BCUT2D eigenvalue weighted by molar-refractivity contribution is 7.89. The van der Waals surface area contributed by atoms with E-state index in [2.05, 4.69) is 4.72 Å². The van der Waals surface area contributed by atoms with Crippen LogP contribution in [0.15, 0.2) is 11.0 Å². The van der Waals surface area contributed by atoms with Crippen molar-refractivity contribution in [3.63, 3.8) is 0 Å². The molecule has 0 heterocycles. The summed E-state index contributed by atoms with van der Waals surface area (Å²) in [5, 5.41) is 9.39. The van der Waals surface area contributed by atoms with Gasteiger partial charge in [-0.1, -0.05) is 36.5 Å². The fourth-order valence-corrected chi connectivity index (χ4v) is 4.34. The average Bonchev–Trinajstić information content (AvgIpc) is 2.35. The van der Waals surface area contributed by atoms with Crippen molar-refractivity contribution < 1.29 is 18.3 Å². The minimum absolute atomic E-state index is 0.0463. The van der Waals surface area contributed by atoms with E-state index in [0.717, 1.165) is 0 Å². The van der Waals surface area contributed by atoms with Crippen LogP contribution in [-0.2, 0) is 14.8 Å². The van der Waals surface area contributed by atoms with E-state index in [9.17, 15) is 13.2 Å². The molecule has 1 rings (SSSR count). The van der Waals surface area contributed by atoms with Crippen LogP contribution in [0.5, 0.6) is 0 Å². The van der Waals surface area contributed by atoms with Gasteiger partial charge in [-0.3, -0.25) is 4.79 Å². The Hall–Kier alpha value is -0.820. The molecule has 1 unspecified atom stereocenters. The number of hydrogen-bond acceptors (Lipinski definition) is 3. The summed E-state index contributed by atoms with van der Waals surface area (Å²) < 4.78 is 27.1. The first-order chi connectivity index (χ1) is 9.61. The minimum atomic E-state index is -4.08. The summed E-state index contributed by atoms with van der Waals surface area (Å²) in [6.07, 6.45) is 0.714. The summed E-state index contributed by atoms with van der Waals surface area (Å²) in [5.74, 6) is -1.23. The number of halogens is 2. The number of benzene rings is 1. The second-order valence-corrected chi connectivity index (χ2v) is 7.18. The molecule has 0 fully saturated rings. The molecule has 0 saturated carbocycles. The molecule has 0 aliphatic heterocycles. The van der Waals surface area contributed by atoms with E-state index in [4.69, 9.17) is 28.3 Å². The quantitative estimate of drug-likeness (QED) is 0.822. The summed E-state index contributed by atoms with van der Waals surface area (Å²) >= 11 is 12.1. The third-order valence-corrected chi connectivity index (χ3v) is 5.66. The first-order valence-corrected chi connectivity index (χ1v) is 8.56. The van der Waals surface area contributed by atoms with Crippen LogP contribution in [0.2, 0.25) is 10.0 Å². The van der Waals surface area contributed by atoms with Crippen molar-refractivity contribution >= 4 is 39.2 Å². The maximum absolute atomic E-state index is 12.5. The van der Waals surface area contributed by atoms with Crippen LogP contribution < -0.4 is 4.72 Å². The molecule has 0 amide bonds. The summed E-state index contributed by atoms with van der Waals surface area (Å²) in [7, 11) is -4.08. The van der Waals surface area contributed by atoms with Crippen molar-refractivity contribution in [2.75, 3.05) is 0 Å². The molecular formula is C13H17Cl2NO4S. The Morgan fingerprint density at radius 2 is 1.95 bits per heavy atom. The Kier molecular flexibility index (Phi) is 6.04. The van der Waals surface area contributed by atoms with Crippen LogP contribution >= 0.6 is 23.2 Å². The molecule has 0 aromatic heterocycles. The van der Waals surface area contributed by atoms with Gasteiger partial charge in [-0.05, 0) is 37.5 Å². The van der Waals surface area contributed by atoms with Crippen LogP contribution in [0, 0.1) is 13.8 Å². The Labute approximate surface area is 134 Å². The van der Waals surface area contributed by atoms with Crippen molar-refractivity contribution in [3.8, 4) is 0 Å². The number of hydrogen-bond donors (Lipinski definition) is 2. The zero-order chi connectivity index (χ0) is 16.4. The number of carboxylic acids is 1. The topological polar surface area (TPSA) is 83.5 Å². The molecule has 5 nitrogen and oxygen atoms in total. The van der Waals surface area contributed by atoms with Gasteiger partial charge in [0, 0.05) is 5.02 Å². The molecule has 0 aliphatic rings. The number of carbonyl (C=O) groups is 1. The zero-order valence-corrected chi connectivity index (χ0v) is 14.2. The highest BCUT2D eigenvalue weighted by atomic mass is 35.5. The van der Waals surface area contributed by atoms with Crippen LogP contribution in [0.25, 0.3) is 0 Å². The second-order valence-electron chi connectivity index (χ2n) is 4.74. The number of aliphatic carboxylic acids is 1. The number of nitrogens with one attached hydrogen (secondary N) is 1. The smallest absolute Gasteiger partial charge is 0.321 e. The highest BCUT2D eigenvalue weighted by Crippen LogP contribution is 2.33. The van der Waals surface area contributed by atoms with Gasteiger partial charge in [0.2, 0.25) is 10.0 Å². The van der Waals surface area contributed by atoms with Gasteiger partial charge in [0.05, 0.1) is 5.02 Å². The molecule has 21 heavy (non-hydrogen) atoms. The van der Waals surface area contributed by atoms with E-state index < -0.39 is 22.0 Å². The third kappa shape index (κ3) is 4.10. The van der Waals surface area contributed by atoms with Gasteiger partial charge in [0.25, 0.3) is 0 Å². The van der Waals surface area contributed by atoms with Gasteiger partial charge in [-0.15, -0.1) is 0 Å². The lowest BCUT2D eigenvalue weighted by atomic mass is 10.2. The first kappa shape index (κ1) is 18.2. The fraction of sp³-hybridized carbons (Fsp3) is 0.462. The molecule has 2 N–H and O–H groups in total.